The van der Waals surface area contributed by atoms with Crippen molar-refractivity contribution in [2.24, 2.45) is 4.99 Å². The molecule has 0 saturated carbocycles. The van der Waals surface area contributed by atoms with Crippen molar-refractivity contribution in [3.05, 3.63) is 59.7 Å². The SMILES string of the molecule is CC(NC(=NCc1cccc2c1OCCCO2)NCC(=O)N(C)C)c1ccccc1. The molecule has 0 spiro atoms. The molecule has 1 heterocycles. The van der Waals surface area contributed by atoms with Gasteiger partial charge in [-0.25, -0.2) is 4.99 Å². The third-order valence-electron chi connectivity index (χ3n) is 4.82. The highest BCUT2D eigenvalue weighted by Crippen LogP contribution is 2.33. The Morgan fingerprint density at radius 1 is 1.10 bits per heavy atom. The predicted molar refractivity (Wildman–Crippen MR) is 118 cm³/mol. The quantitative estimate of drug-likeness (QED) is 0.566. The van der Waals surface area contributed by atoms with Gasteiger partial charge in [-0.05, 0) is 18.6 Å². The second kappa shape index (κ2) is 10.5. The summed E-state index contributed by atoms with van der Waals surface area (Å²) in [4.78, 5) is 18.3. The van der Waals surface area contributed by atoms with Crippen LogP contribution in [0.15, 0.2) is 53.5 Å². The molecular formula is C23H30N4O3. The van der Waals surface area contributed by atoms with Gasteiger partial charge < -0.3 is 25.0 Å². The number of hydrogen-bond acceptors (Lipinski definition) is 4. The Kier molecular flexibility index (Phi) is 7.54. The Bertz CT molecular complexity index is 868. The topological polar surface area (TPSA) is 75.2 Å². The third kappa shape index (κ3) is 5.89. The molecule has 0 saturated heterocycles. The van der Waals surface area contributed by atoms with E-state index in [4.69, 9.17) is 14.5 Å². The van der Waals surface area contributed by atoms with Gasteiger partial charge >= 0.3 is 0 Å². The Hall–Kier alpha value is -3.22. The molecular weight excluding hydrogens is 380 g/mol. The van der Waals surface area contributed by atoms with Crippen LogP contribution < -0.4 is 20.1 Å². The summed E-state index contributed by atoms with van der Waals surface area (Å²) >= 11 is 0. The molecule has 2 N–H and O–H groups in total. The monoisotopic (exact) mass is 410 g/mol. The minimum Gasteiger partial charge on any atom is -0.490 e. The van der Waals surface area contributed by atoms with Gasteiger partial charge in [-0.3, -0.25) is 4.79 Å². The van der Waals surface area contributed by atoms with Crippen LogP contribution in [0.4, 0.5) is 0 Å². The van der Waals surface area contributed by atoms with Gasteiger partial charge in [0.25, 0.3) is 0 Å². The number of guanidine groups is 1. The van der Waals surface area contributed by atoms with Crippen molar-refractivity contribution in [3.8, 4) is 11.5 Å². The zero-order valence-corrected chi connectivity index (χ0v) is 17.9. The van der Waals surface area contributed by atoms with Gasteiger partial charge in [0.15, 0.2) is 17.5 Å². The number of benzene rings is 2. The van der Waals surface area contributed by atoms with E-state index in [0.29, 0.717) is 25.7 Å². The second-order valence-corrected chi connectivity index (χ2v) is 7.38. The summed E-state index contributed by atoms with van der Waals surface area (Å²) in [7, 11) is 3.47. The highest BCUT2D eigenvalue weighted by Gasteiger charge is 2.15. The van der Waals surface area contributed by atoms with E-state index in [9.17, 15) is 4.79 Å². The Morgan fingerprint density at radius 2 is 1.87 bits per heavy atom. The molecule has 1 aliphatic heterocycles. The Balaban J connectivity index is 1.77. The van der Waals surface area contributed by atoms with Gasteiger partial charge in [-0.1, -0.05) is 42.5 Å². The van der Waals surface area contributed by atoms with E-state index >= 15 is 0 Å². The van der Waals surface area contributed by atoms with Crippen LogP contribution in [0.3, 0.4) is 0 Å². The van der Waals surface area contributed by atoms with Crippen molar-refractivity contribution >= 4 is 11.9 Å². The molecule has 1 atom stereocenters. The maximum atomic E-state index is 12.1. The first-order valence-electron chi connectivity index (χ1n) is 10.2. The van der Waals surface area contributed by atoms with Crippen molar-refractivity contribution in [2.45, 2.75) is 25.9 Å². The first kappa shape index (κ1) is 21.5. The second-order valence-electron chi connectivity index (χ2n) is 7.38. The molecule has 0 radical (unpaired) electrons. The highest BCUT2D eigenvalue weighted by atomic mass is 16.5. The number of nitrogens with one attached hydrogen (secondary N) is 2. The highest BCUT2D eigenvalue weighted by molar-refractivity contribution is 5.86. The first-order chi connectivity index (χ1) is 14.5. The van der Waals surface area contributed by atoms with E-state index in [1.54, 1.807) is 19.0 Å². The van der Waals surface area contributed by atoms with E-state index in [2.05, 4.69) is 29.7 Å². The molecule has 30 heavy (non-hydrogen) atoms. The minimum atomic E-state index is -0.0258. The molecule has 1 amide bonds. The van der Waals surface area contributed by atoms with Crippen LogP contribution in [0.5, 0.6) is 11.5 Å². The summed E-state index contributed by atoms with van der Waals surface area (Å²) in [5.41, 5.74) is 2.08. The number of ether oxygens (including phenoxy) is 2. The molecule has 7 heteroatoms. The fraction of sp³-hybridized carbons (Fsp3) is 0.391. The lowest BCUT2D eigenvalue weighted by atomic mass is 10.1. The maximum absolute atomic E-state index is 12.1. The van der Waals surface area contributed by atoms with Gasteiger partial charge in [0.05, 0.1) is 32.3 Å². The van der Waals surface area contributed by atoms with Crippen molar-refractivity contribution in [3.63, 3.8) is 0 Å². The fourth-order valence-electron chi connectivity index (χ4n) is 3.04. The van der Waals surface area contributed by atoms with Crippen LogP contribution in [-0.4, -0.2) is 50.6 Å². The van der Waals surface area contributed by atoms with Gasteiger partial charge in [0.1, 0.15) is 0 Å². The standard InChI is InChI=1S/C23H30N4O3/c1-17(18-9-5-4-6-10-18)26-23(25-16-21(28)27(2)3)24-15-19-11-7-12-20-22(19)30-14-8-13-29-20/h4-7,9-12,17H,8,13-16H2,1-3H3,(H2,24,25,26). The summed E-state index contributed by atoms with van der Waals surface area (Å²) in [6.07, 6.45) is 0.854. The number of likely N-dealkylation sites (N-methyl/N-ethyl adjacent to an activating group) is 1. The van der Waals surface area contributed by atoms with Gasteiger partial charge in [0.2, 0.25) is 5.91 Å². The first-order valence-corrected chi connectivity index (χ1v) is 10.2. The van der Waals surface area contributed by atoms with Crippen LogP contribution in [0.25, 0.3) is 0 Å². The third-order valence-corrected chi connectivity index (χ3v) is 4.82. The van der Waals surface area contributed by atoms with Crippen LogP contribution in [0.1, 0.15) is 30.5 Å². The lowest BCUT2D eigenvalue weighted by molar-refractivity contribution is -0.127. The van der Waals surface area contributed by atoms with Crippen LogP contribution in [-0.2, 0) is 11.3 Å². The number of carbonyl (C=O) groups excluding carboxylic acids is 1. The fourth-order valence-corrected chi connectivity index (χ4v) is 3.04. The van der Waals surface area contributed by atoms with Crippen molar-refractivity contribution in [1.29, 1.82) is 0 Å². The van der Waals surface area contributed by atoms with Gasteiger partial charge in [-0.2, -0.15) is 0 Å². The maximum Gasteiger partial charge on any atom is 0.241 e. The summed E-state index contributed by atoms with van der Waals surface area (Å²) in [6, 6.07) is 16.0. The number of fused-ring (bicyclic) bond motifs is 1. The summed E-state index contributed by atoms with van der Waals surface area (Å²) in [6.45, 7) is 3.90. The van der Waals surface area contributed by atoms with E-state index in [-0.39, 0.29) is 18.5 Å². The Labute approximate surface area is 178 Å². The minimum absolute atomic E-state index is 0.0258. The zero-order chi connectivity index (χ0) is 21.3. The van der Waals surface area contributed by atoms with E-state index in [1.165, 1.54) is 0 Å². The number of rotatable bonds is 6. The zero-order valence-electron chi connectivity index (χ0n) is 17.9. The number of aliphatic imine (C=N–C) groups is 1. The molecule has 0 aromatic heterocycles. The molecule has 2 aromatic carbocycles. The average molecular weight is 411 g/mol. The van der Waals surface area contributed by atoms with Gasteiger partial charge in [-0.15, -0.1) is 0 Å². The summed E-state index contributed by atoms with van der Waals surface area (Å²) in [5, 5.41) is 6.53. The van der Waals surface area contributed by atoms with Gasteiger partial charge in [0, 0.05) is 26.1 Å². The number of carbonyl (C=O) groups is 1. The molecule has 0 aliphatic carbocycles. The largest absolute Gasteiger partial charge is 0.490 e. The molecule has 160 valence electrons. The lowest BCUT2D eigenvalue weighted by Crippen LogP contribution is -2.43. The molecule has 2 aromatic rings. The molecule has 1 aliphatic rings. The molecule has 1 unspecified atom stereocenters. The smallest absolute Gasteiger partial charge is 0.241 e. The van der Waals surface area contributed by atoms with E-state index in [0.717, 1.165) is 29.0 Å². The number of nitrogens with zero attached hydrogens (tertiary/aromatic N) is 2. The number of para-hydroxylation sites is 1. The van der Waals surface area contributed by atoms with Crippen molar-refractivity contribution in [2.75, 3.05) is 33.9 Å². The summed E-state index contributed by atoms with van der Waals surface area (Å²) in [5.74, 6) is 2.04. The van der Waals surface area contributed by atoms with Crippen LogP contribution in [0, 0.1) is 0 Å². The molecule has 3 rings (SSSR count). The molecule has 0 fully saturated rings. The van der Waals surface area contributed by atoms with Crippen LogP contribution >= 0.6 is 0 Å². The number of hydrogen-bond donors (Lipinski definition) is 2. The predicted octanol–water partition coefficient (Wildman–Crippen LogP) is 2.73. The molecule has 0 bridgehead atoms. The van der Waals surface area contributed by atoms with Crippen LogP contribution in [0.2, 0.25) is 0 Å². The average Bonchev–Trinajstić information content (AvgIpc) is 3.01. The molecule has 7 nitrogen and oxygen atoms in total. The summed E-state index contributed by atoms with van der Waals surface area (Å²) < 4.78 is 11.7. The Morgan fingerprint density at radius 3 is 2.63 bits per heavy atom. The van der Waals surface area contributed by atoms with Crippen molar-refractivity contribution in [1.82, 2.24) is 15.5 Å². The van der Waals surface area contributed by atoms with E-state index in [1.807, 2.05) is 36.4 Å². The van der Waals surface area contributed by atoms with Crippen molar-refractivity contribution < 1.29 is 14.3 Å². The normalized spacial score (nSPS) is 14.4. The lowest BCUT2D eigenvalue weighted by Gasteiger charge is -2.20. The van der Waals surface area contributed by atoms with E-state index < -0.39 is 0 Å². The number of amides is 1.